The Bertz CT molecular complexity index is 1380. The smallest absolute Gasteiger partial charge is 0.407 e. The molecule has 6 nitrogen and oxygen atoms in total. The number of nitrogen functional groups attached to an aromatic ring is 1. The van der Waals surface area contributed by atoms with E-state index in [1.165, 1.54) is 0 Å². The molecule has 3 aromatic carbocycles. The fraction of sp³-hybridized carbons (Fsp3) is 0.200. The molecule has 1 aromatic heterocycles. The minimum absolute atomic E-state index is 0.368. The zero-order valence-electron chi connectivity index (χ0n) is 20.8. The van der Waals surface area contributed by atoms with E-state index < -0.39 is 11.7 Å². The summed E-state index contributed by atoms with van der Waals surface area (Å²) in [6, 6.07) is 30.2. The number of hydrogen-bond donors (Lipinski definition) is 2. The van der Waals surface area contributed by atoms with Crippen LogP contribution in [0.15, 0.2) is 84.9 Å². The molecule has 0 saturated heterocycles. The molecule has 1 heterocycles. The lowest BCUT2D eigenvalue weighted by Crippen LogP contribution is -2.32. The van der Waals surface area contributed by atoms with E-state index in [4.69, 9.17) is 10.5 Å². The molecule has 0 aliphatic heterocycles. The van der Waals surface area contributed by atoms with Crippen LogP contribution in [0.5, 0.6) is 0 Å². The van der Waals surface area contributed by atoms with Gasteiger partial charge in [0.1, 0.15) is 23.1 Å². The third-order valence-corrected chi connectivity index (χ3v) is 5.72. The lowest BCUT2D eigenvalue weighted by atomic mass is 9.98. The number of nitrogens with one attached hydrogen (secondary N) is 1. The van der Waals surface area contributed by atoms with Gasteiger partial charge in [0.15, 0.2) is 0 Å². The molecule has 36 heavy (non-hydrogen) atoms. The Morgan fingerprint density at radius 3 is 2.03 bits per heavy atom. The first-order valence-electron chi connectivity index (χ1n) is 11.8. The first kappa shape index (κ1) is 24.6. The van der Waals surface area contributed by atoms with Crippen molar-refractivity contribution < 1.29 is 9.53 Å². The molecule has 0 saturated carbocycles. The van der Waals surface area contributed by atoms with Crippen LogP contribution in [0.3, 0.4) is 0 Å². The molecular weight excluding hydrogens is 448 g/mol. The van der Waals surface area contributed by atoms with Crippen LogP contribution < -0.4 is 11.1 Å². The molecule has 1 amide bonds. The Morgan fingerprint density at radius 1 is 0.917 bits per heavy atom. The van der Waals surface area contributed by atoms with Crippen LogP contribution in [-0.4, -0.2) is 16.3 Å². The minimum atomic E-state index is -0.540. The third kappa shape index (κ3) is 5.59. The fourth-order valence-electron chi connectivity index (χ4n) is 4.13. The van der Waals surface area contributed by atoms with Gasteiger partial charge >= 0.3 is 6.09 Å². The van der Waals surface area contributed by atoms with Gasteiger partial charge in [-0.25, -0.2) is 4.79 Å². The summed E-state index contributed by atoms with van der Waals surface area (Å²) >= 11 is 0. The predicted octanol–water partition coefficient (Wildman–Crippen LogP) is 6.35. The standard InChI is InChI=1S/C30H30N4O2/c1-30(2,3)36-29(35)33-19-21-14-16-22(17-15-21)20-34-27(24-12-8-5-9-13-24)26(25(18-31)28(34)32)23-10-6-4-7-11-23/h4-17H,19-20,32H2,1-3H3,(H,33,35). The van der Waals surface area contributed by atoms with Gasteiger partial charge in [0.05, 0.1) is 5.69 Å². The lowest BCUT2D eigenvalue weighted by molar-refractivity contribution is 0.0523. The second kappa shape index (κ2) is 10.4. The van der Waals surface area contributed by atoms with Crippen LogP contribution in [0.4, 0.5) is 10.6 Å². The Kier molecular flexibility index (Phi) is 7.12. The summed E-state index contributed by atoms with van der Waals surface area (Å²) in [6.07, 6.45) is -0.448. The van der Waals surface area contributed by atoms with Crippen molar-refractivity contribution in [2.24, 2.45) is 0 Å². The van der Waals surface area contributed by atoms with Crippen molar-refractivity contribution in [1.82, 2.24) is 9.88 Å². The zero-order chi connectivity index (χ0) is 25.7. The van der Waals surface area contributed by atoms with Gasteiger partial charge in [-0.3, -0.25) is 0 Å². The van der Waals surface area contributed by atoms with Gasteiger partial charge in [-0.1, -0.05) is 84.9 Å². The Labute approximate surface area is 211 Å². The highest BCUT2D eigenvalue weighted by Crippen LogP contribution is 2.40. The number of benzene rings is 3. The van der Waals surface area contributed by atoms with Gasteiger partial charge in [0, 0.05) is 18.7 Å². The van der Waals surface area contributed by atoms with Crippen molar-refractivity contribution in [3.05, 3.63) is 102 Å². The SMILES string of the molecule is CC(C)(C)OC(=O)NCc1ccc(Cn2c(N)c(C#N)c(-c3ccccc3)c2-c2ccccc2)cc1. The summed E-state index contributed by atoms with van der Waals surface area (Å²) in [7, 11) is 0. The number of carbonyl (C=O) groups excluding carboxylic acids is 1. The number of nitrogens with two attached hydrogens (primary N) is 1. The quantitative estimate of drug-likeness (QED) is 0.338. The molecule has 4 rings (SSSR count). The number of amides is 1. The average Bonchev–Trinajstić information content (AvgIpc) is 3.14. The Morgan fingerprint density at radius 2 is 1.47 bits per heavy atom. The van der Waals surface area contributed by atoms with Crippen LogP contribution in [0.25, 0.3) is 22.4 Å². The normalized spacial score (nSPS) is 11.1. The monoisotopic (exact) mass is 478 g/mol. The van der Waals surface area contributed by atoms with Gasteiger partial charge in [-0.2, -0.15) is 5.26 Å². The van der Waals surface area contributed by atoms with E-state index in [0.717, 1.165) is 33.5 Å². The number of rotatable bonds is 6. The van der Waals surface area contributed by atoms with E-state index in [1.807, 2.05) is 110 Å². The molecule has 0 unspecified atom stereocenters. The van der Waals surface area contributed by atoms with E-state index >= 15 is 0 Å². The Hall–Kier alpha value is -4.50. The largest absolute Gasteiger partial charge is 0.444 e. The number of hydrogen-bond acceptors (Lipinski definition) is 4. The molecular formula is C30H30N4O2. The van der Waals surface area contributed by atoms with E-state index in [1.54, 1.807) is 0 Å². The molecule has 0 bridgehead atoms. The first-order valence-corrected chi connectivity index (χ1v) is 11.8. The highest BCUT2D eigenvalue weighted by molar-refractivity contribution is 5.90. The van der Waals surface area contributed by atoms with E-state index in [9.17, 15) is 10.1 Å². The fourth-order valence-corrected chi connectivity index (χ4v) is 4.13. The number of carbonyl (C=O) groups is 1. The molecule has 182 valence electrons. The van der Waals surface area contributed by atoms with Crippen molar-refractivity contribution in [3.63, 3.8) is 0 Å². The van der Waals surface area contributed by atoms with Gasteiger partial charge < -0.3 is 20.4 Å². The molecule has 3 N–H and O–H groups in total. The molecule has 4 aromatic rings. The van der Waals surface area contributed by atoms with Crippen molar-refractivity contribution in [1.29, 1.82) is 5.26 Å². The van der Waals surface area contributed by atoms with Gasteiger partial charge in [-0.15, -0.1) is 0 Å². The van der Waals surface area contributed by atoms with Crippen LogP contribution >= 0.6 is 0 Å². The summed E-state index contributed by atoms with van der Waals surface area (Å²) in [5, 5.41) is 12.8. The maximum absolute atomic E-state index is 12.0. The van der Waals surface area contributed by atoms with Crippen LogP contribution in [0, 0.1) is 11.3 Å². The Balaban J connectivity index is 1.66. The summed E-state index contributed by atoms with van der Waals surface area (Å²) in [5.74, 6) is 0.436. The molecule has 0 aliphatic rings. The van der Waals surface area contributed by atoms with Gasteiger partial charge in [0.2, 0.25) is 0 Å². The predicted molar refractivity (Wildman–Crippen MR) is 143 cm³/mol. The average molecular weight is 479 g/mol. The third-order valence-electron chi connectivity index (χ3n) is 5.72. The molecule has 0 aliphatic carbocycles. The van der Waals surface area contributed by atoms with Crippen LogP contribution in [0.2, 0.25) is 0 Å². The molecule has 0 spiro atoms. The number of anilines is 1. The van der Waals surface area contributed by atoms with Gasteiger partial charge in [0.25, 0.3) is 0 Å². The van der Waals surface area contributed by atoms with E-state index in [2.05, 4.69) is 11.4 Å². The van der Waals surface area contributed by atoms with E-state index in [0.29, 0.717) is 24.5 Å². The highest BCUT2D eigenvalue weighted by atomic mass is 16.6. The topological polar surface area (TPSA) is 93.1 Å². The molecule has 6 heteroatoms. The number of alkyl carbamates (subject to hydrolysis) is 1. The van der Waals surface area contributed by atoms with Crippen molar-refractivity contribution in [2.75, 3.05) is 5.73 Å². The first-order chi connectivity index (χ1) is 17.3. The number of nitrogens with zero attached hydrogens (tertiary/aromatic N) is 2. The van der Waals surface area contributed by atoms with E-state index in [-0.39, 0.29) is 0 Å². The molecule has 0 fully saturated rings. The second-order valence-electron chi connectivity index (χ2n) is 9.59. The van der Waals surface area contributed by atoms with Crippen LogP contribution in [-0.2, 0) is 17.8 Å². The summed E-state index contributed by atoms with van der Waals surface area (Å²) < 4.78 is 7.30. The van der Waals surface area contributed by atoms with Crippen molar-refractivity contribution in [3.8, 4) is 28.5 Å². The summed E-state index contributed by atoms with van der Waals surface area (Å²) in [6.45, 7) is 6.36. The zero-order valence-corrected chi connectivity index (χ0v) is 20.8. The van der Waals surface area contributed by atoms with Crippen LogP contribution in [0.1, 0.15) is 37.5 Å². The summed E-state index contributed by atoms with van der Waals surface area (Å²) in [4.78, 5) is 12.0. The van der Waals surface area contributed by atoms with Crippen molar-refractivity contribution >= 4 is 11.9 Å². The highest BCUT2D eigenvalue weighted by Gasteiger charge is 2.23. The van der Waals surface area contributed by atoms with Gasteiger partial charge in [-0.05, 0) is 43.0 Å². The number of aromatic nitrogens is 1. The number of nitriles is 1. The number of ether oxygens (including phenoxy) is 1. The minimum Gasteiger partial charge on any atom is -0.444 e. The molecule has 0 atom stereocenters. The maximum atomic E-state index is 12.0. The summed E-state index contributed by atoms with van der Waals surface area (Å²) in [5.41, 5.74) is 12.2. The molecule has 0 radical (unpaired) electrons. The van der Waals surface area contributed by atoms with Crippen molar-refractivity contribution in [2.45, 2.75) is 39.5 Å². The maximum Gasteiger partial charge on any atom is 0.407 e. The second-order valence-corrected chi connectivity index (χ2v) is 9.59. The lowest BCUT2D eigenvalue weighted by Gasteiger charge is -2.19.